The first-order valence-electron chi connectivity index (χ1n) is 9.01. The number of likely N-dealkylation sites (tertiary alicyclic amines) is 1. The van der Waals surface area contributed by atoms with Crippen LogP contribution in [0.15, 0.2) is 36.5 Å². The van der Waals surface area contributed by atoms with Crippen LogP contribution in [-0.4, -0.2) is 45.5 Å². The first-order valence-corrected chi connectivity index (χ1v) is 9.01. The molecule has 9 nitrogen and oxygen atoms in total. The zero-order valence-electron chi connectivity index (χ0n) is 15.3. The van der Waals surface area contributed by atoms with E-state index in [1.807, 2.05) is 6.07 Å². The number of nitriles is 1. The maximum absolute atomic E-state index is 13.0. The fourth-order valence-corrected chi connectivity index (χ4v) is 3.92. The minimum absolute atomic E-state index is 0.161. The van der Waals surface area contributed by atoms with E-state index in [1.54, 1.807) is 30.3 Å². The van der Waals surface area contributed by atoms with Crippen molar-refractivity contribution in [1.82, 2.24) is 9.88 Å². The first kappa shape index (κ1) is 18.4. The molecule has 146 valence electrons. The number of hydrogen-bond acceptors (Lipinski definition) is 6. The van der Waals surface area contributed by atoms with Crippen LogP contribution in [0.3, 0.4) is 0 Å². The number of amides is 3. The molecule has 0 unspecified atom stereocenters. The zero-order chi connectivity index (χ0) is 20.7. The van der Waals surface area contributed by atoms with Crippen LogP contribution in [0.1, 0.15) is 16.7 Å². The number of fused-ring (bicyclic) bond motifs is 1. The Morgan fingerprint density at radius 1 is 1.31 bits per heavy atom. The molecule has 1 aromatic heterocycles. The van der Waals surface area contributed by atoms with Crippen LogP contribution in [0, 0.1) is 17.2 Å². The van der Waals surface area contributed by atoms with Crippen molar-refractivity contribution in [3.8, 4) is 6.07 Å². The number of anilines is 2. The van der Waals surface area contributed by atoms with Gasteiger partial charge in [-0.2, -0.15) is 5.26 Å². The molecule has 2 aliphatic rings. The SMILES string of the molecule is N#Cc1ccc2c(c1)CCN2C(=O)N1C(=O)[C@H](Cc2ccnc(N)c2)[C@H]1C(=O)O. The lowest BCUT2D eigenvalue weighted by Crippen LogP contribution is -2.69. The van der Waals surface area contributed by atoms with Gasteiger partial charge in [0.2, 0.25) is 5.91 Å². The summed E-state index contributed by atoms with van der Waals surface area (Å²) in [5, 5.41) is 18.7. The highest BCUT2D eigenvalue weighted by molar-refractivity contribution is 6.12. The van der Waals surface area contributed by atoms with Gasteiger partial charge in [0, 0.05) is 18.4 Å². The number of carbonyl (C=O) groups is 3. The van der Waals surface area contributed by atoms with E-state index in [4.69, 9.17) is 11.0 Å². The summed E-state index contributed by atoms with van der Waals surface area (Å²) in [4.78, 5) is 43.6. The van der Waals surface area contributed by atoms with Gasteiger partial charge in [-0.25, -0.2) is 19.5 Å². The third-order valence-electron chi connectivity index (χ3n) is 5.31. The van der Waals surface area contributed by atoms with E-state index < -0.39 is 29.9 Å². The minimum atomic E-state index is -1.24. The molecule has 0 spiro atoms. The molecule has 0 saturated carbocycles. The van der Waals surface area contributed by atoms with Crippen LogP contribution in [-0.2, 0) is 22.4 Å². The van der Waals surface area contributed by atoms with Gasteiger partial charge >= 0.3 is 12.0 Å². The third-order valence-corrected chi connectivity index (χ3v) is 5.31. The van der Waals surface area contributed by atoms with Gasteiger partial charge in [-0.05, 0) is 54.3 Å². The zero-order valence-corrected chi connectivity index (χ0v) is 15.3. The second-order valence-corrected chi connectivity index (χ2v) is 7.03. The Bertz CT molecular complexity index is 1080. The maximum Gasteiger partial charge on any atom is 0.332 e. The second-order valence-electron chi connectivity index (χ2n) is 7.03. The fraction of sp³-hybridized carbons (Fsp3) is 0.250. The Kier molecular flexibility index (Phi) is 4.39. The van der Waals surface area contributed by atoms with E-state index in [1.165, 1.54) is 11.1 Å². The standard InChI is InChI=1S/C20H17N5O4/c21-10-12-1-2-15-13(7-12)4-6-24(15)20(29)25-17(19(27)28)14(18(25)26)8-11-3-5-23-16(22)9-11/h1-3,5,7,9,14,17H,4,6,8H2,(H2,22,23)(H,27,28)/t14-,17+/m1/s1. The average molecular weight is 391 g/mol. The quantitative estimate of drug-likeness (QED) is 0.748. The summed E-state index contributed by atoms with van der Waals surface area (Å²) in [6.07, 6.45) is 2.19. The molecule has 1 fully saturated rings. The van der Waals surface area contributed by atoms with Gasteiger partial charge in [0.25, 0.3) is 0 Å². The topological polar surface area (TPSA) is 141 Å². The maximum atomic E-state index is 13.0. The van der Waals surface area contributed by atoms with Crippen LogP contribution in [0.2, 0.25) is 0 Å². The van der Waals surface area contributed by atoms with Crippen LogP contribution in [0.25, 0.3) is 0 Å². The molecule has 3 heterocycles. The molecule has 3 amide bonds. The number of β-lactam (4-membered cyclic amide) rings is 1. The predicted molar refractivity (Wildman–Crippen MR) is 102 cm³/mol. The van der Waals surface area contributed by atoms with Crippen molar-refractivity contribution in [3.05, 3.63) is 53.2 Å². The van der Waals surface area contributed by atoms with Crippen molar-refractivity contribution in [1.29, 1.82) is 5.26 Å². The first-order chi connectivity index (χ1) is 13.9. The number of nitrogens with zero attached hydrogens (tertiary/aromatic N) is 4. The Hall–Kier alpha value is -3.93. The molecule has 2 aromatic rings. The van der Waals surface area contributed by atoms with Crippen molar-refractivity contribution in [2.24, 2.45) is 5.92 Å². The minimum Gasteiger partial charge on any atom is -0.480 e. The number of carboxylic acids is 1. The third kappa shape index (κ3) is 3.04. The van der Waals surface area contributed by atoms with E-state index in [0.29, 0.717) is 29.8 Å². The van der Waals surface area contributed by atoms with E-state index in [-0.39, 0.29) is 12.2 Å². The Morgan fingerprint density at radius 3 is 2.79 bits per heavy atom. The summed E-state index contributed by atoms with van der Waals surface area (Å²) in [6, 6.07) is 8.34. The van der Waals surface area contributed by atoms with Gasteiger partial charge in [-0.1, -0.05) is 0 Å². The predicted octanol–water partition coefficient (Wildman–Crippen LogP) is 1.17. The number of urea groups is 1. The largest absolute Gasteiger partial charge is 0.480 e. The smallest absolute Gasteiger partial charge is 0.332 e. The molecule has 0 aliphatic carbocycles. The summed E-state index contributed by atoms with van der Waals surface area (Å²) >= 11 is 0. The highest BCUT2D eigenvalue weighted by atomic mass is 16.4. The van der Waals surface area contributed by atoms with Crippen LogP contribution in [0.4, 0.5) is 16.3 Å². The number of imide groups is 1. The lowest BCUT2D eigenvalue weighted by Gasteiger charge is -2.44. The number of carbonyl (C=O) groups excluding carboxylic acids is 2. The number of rotatable bonds is 3. The monoisotopic (exact) mass is 391 g/mol. The second kappa shape index (κ2) is 6.91. The Morgan fingerprint density at radius 2 is 2.10 bits per heavy atom. The van der Waals surface area contributed by atoms with Crippen LogP contribution >= 0.6 is 0 Å². The highest BCUT2D eigenvalue weighted by Gasteiger charge is 2.56. The fourth-order valence-electron chi connectivity index (χ4n) is 3.92. The van der Waals surface area contributed by atoms with Crippen molar-refractivity contribution >= 4 is 29.4 Å². The van der Waals surface area contributed by atoms with Gasteiger partial charge in [-0.15, -0.1) is 0 Å². The van der Waals surface area contributed by atoms with Crippen molar-refractivity contribution in [3.63, 3.8) is 0 Å². The van der Waals surface area contributed by atoms with Gasteiger partial charge < -0.3 is 10.8 Å². The molecule has 29 heavy (non-hydrogen) atoms. The summed E-state index contributed by atoms with van der Waals surface area (Å²) in [7, 11) is 0. The Balaban J connectivity index is 1.56. The van der Waals surface area contributed by atoms with Crippen LogP contribution in [0.5, 0.6) is 0 Å². The van der Waals surface area contributed by atoms with Gasteiger partial charge in [0.15, 0.2) is 6.04 Å². The summed E-state index contributed by atoms with van der Waals surface area (Å²) < 4.78 is 0. The summed E-state index contributed by atoms with van der Waals surface area (Å²) in [5.41, 5.74) is 8.23. The molecule has 4 rings (SSSR count). The molecule has 1 saturated heterocycles. The number of nitrogens with two attached hydrogens (primary N) is 1. The van der Waals surface area contributed by atoms with E-state index >= 15 is 0 Å². The lowest BCUT2D eigenvalue weighted by atomic mass is 9.82. The number of hydrogen-bond donors (Lipinski definition) is 2. The lowest BCUT2D eigenvalue weighted by molar-refractivity contribution is -0.165. The summed E-state index contributed by atoms with van der Waals surface area (Å²) in [5.74, 6) is -2.33. The van der Waals surface area contributed by atoms with Crippen molar-refractivity contribution in [2.45, 2.75) is 18.9 Å². The normalized spacial score (nSPS) is 20.0. The van der Waals surface area contributed by atoms with Crippen molar-refractivity contribution in [2.75, 3.05) is 17.2 Å². The average Bonchev–Trinajstić information content (AvgIpc) is 3.12. The molecule has 0 bridgehead atoms. The highest BCUT2D eigenvalue weighted by Crippen LogP contribution is 2.35. The number of aliphatic carboxylic acids is 1. The molecule has 0 radical (unpaired) electrons. The van der Waals surface area contributed by atoms with Crippen LogP contribution < -0.4 is 10.6 Å². The molecular formula is C20H17N5O4. The van der Waals surface area contributed by atoms with Gasteiger partial charge in [-0.3, -0.25) is 9.69 Å². The summed E-state index contributed by atoms with van der Waals surface area (Å²) in [6.45, 7) is 0.324. The number of benzene rings is 1. The van der Waals surface area contributed by atoms with Gasteiger partial charge in [0.1, 0.15) is 5.82 Å². The molecule has 2 aliphatic heterocycles. The number of pyridine rings is 1. The number of nitrogen functional groups attached to an aromatic ring is 1. The molecule has 3 N–H and O–H groups in total. The van der Waals surface area contributed by atoms with E-state index in [0.717, 1.165) is 10.5 Å². The van der Waals surface area contributed by atoms with Crippen molar-refractivity contribution < 1.29 is 19.5 Å². The van der Waals surface area contributed by atoms with Gasteiger partial charge in [0.05, 0.1) is 17.6 Å². The molecule has 2 atom stereocenters. The Labute approximate surface area is 166 Å². The van der Waals surface area contributed by atoms with E-state index in [2.05, 4.69) is 4.98 Å². The number of carboxylic acid groups (broad SMARTS) is 1. The molecule has 9 heteroatoms. The van der Waals surface area contributed by atoms with E-state index in [9.17, 15) is 19.5 Å². The molecular weight excluding hydrogens is 374 g/mol. The molecule has 1 aromatic carbocycles. The number of aromatic nitrogens is 1.